The topological polar surface area (TPSA) is 282 Å². The van der Waals surface area contributed by atoms with Gasteiger partial charge >= 0.3 is 23.4 Å². The minimum Gasteiger partial charge on any atom is -0.487 e. The molecule has 634 valence electrons. The van der Waals surface area contributed by atoms with Gasteiger partial charge < -0.3 is 95.5 Å². The second kappa shape index (κ2) is 41.5. The van der Waals surface area contributed by atoms with Crippen LogP contribution in [0.1, 0.15) is 203 Å². The van der Waals surface area contributed by atoms with Crippen LogP contribution in [0.5, 0.6) is 11.5 Å². The summed E-state index contributed by atoms with van der Waals surface area (Å²) in [5, 5.41) is -0.864. The average Bonchev–Trinajstić information content (AvgIpc) is 1.53. The number of allylic oxidation sites excluding steroid dienone is 5. The summed E-state index contributed by atoms with van der Waals surface area (Å²) in [5.41, 5.74) is 2.82. The summed E-state index contributed by atoms with van der Waals surface area (Å²) >= 11 is 0. The maximum absolute atomic E-state index is 15.4. The van der Waals surface area contributed by atoms with Crippen molar-refractivity contribution in [1.29, 1.82) is 0 Å². The lowest BCUT2D eigenvalue weighted by atomic mass is 9.86. The molecular formula is C75H117F9N2O23S. The number of alkyl halides is 9. The smallest absolute Gasteiger partial charge is 0.439 e. The Hall–Kier alpha value is -4.35. The number of carbonyl (C=O) groups is 3. The van der Waals surface area contributed by atoms with Crippen LogP contribution in [-0.2, 0) is 84.8 Å². The lowest BCUT2D eigenvalue weighted by Crippen LogP contribution is -2.56. The number of Topliss-reactive ketones (excluding diaryl/α,β-unsaturated/α-hetero) is 1. The molecule has 2 amide bonds. The van der Waals surface area contributed by atoms with Gasteiger partial charge in [-0.05, 0) is 157 Å². The fourth-order valence-electron chi connectivity index (χ4n) is 12.8. The lowest BCUT2D eigenvalue weighted by molar-refractivity contribution is -0.457. The van der Waals surface area contributed by atoms with Crippen LogP contribution < -0.4 is 20.1 Å². The lowest BCUT2D eigenvalue weighted by Gasteiger charge is -2.42. The van der Waals surface area contributed by atoms with Gasteiger partial charge in [0, 0.05) is 44.3 Å². The molecule has 7 aliphatic heterocycles. The Morgan fingerprint density at radius 1 is 0.609 bits per heavy atom. The van der Waals surface area contributed by atoms with E-state index < -0.39 is 144 Å². The molecule has 0 saturated carbocycles. The van der Waals surface area contributed by atoms with Crippen molar-refractivity contribution in [2.24, 2.45) is 5.92 Å². The van der Waals surface area contributed by atoms with Crippen molar-refractivity contribution in [2.75, 3.05) is 92.4 Å². The van der Waals surface area contributed by atoms with Crippen LogP contribution in [0.15, 0.2) is 54.2 Å². The molecule has 4 N–H and O–H groups in total. The summed E-state index contributed by atoms with van der Waals surface area (Å²) in [6, 6.07) is 5.02. The van der Waals surface area contributed by atoms with Crippen molar-refractivity contribution < 1.29 is 148 Å². The van der Waals surface area contributed by atoms with E-state index in [1.165, 1.54) is 38.8 Å². The van der Waals surface area contributed by atoms with E-state index in [1.807, 2.05) is 13.0 Å². The number of ketones is 1. The highest BCUT2D eigenvalue weighted by Crippen LogP contribution is 2.66. The van der Waals surface area contributed by atoms with Gasteiger partial charge in [0.1, 0.15) is 44.4 Å². The van der Waals surface area contributed by atoms with Gasteiger partial charge in [-0.15, -0.1) is 6.58 Å². The normalized spacial score (nSPS) is 27.1. The largest absolute Gasteiger partial charge is 0.487 e. The predicted molar refractivity (Wildman–Crippen MR) is 383 cm³/mol. The van der Waals surface area contributed by atoms with E-state index in [0.29, 0.717) is 115 Å². The zero-order chi connectivity index (χ0) is 80.2. The van der Waals surface area contributed by atoms with Crippen LogP contribution >= 0.6 is 10.9 Å². The second-order valence-electron chi connectivity index (χ2n) is 29.3. The highest BCUT2D eigenvalue weighted by atomic mass is 32.3. The molecule has 0 aliphatic carbocycles. The summed E-state index contributed by atoms with van der Waals surface area (Å²) in [4.78, 5) is 37.8. The maximum atomic E-state index is 15.4. The van der Waals surface area contributed by atoms with E-state index >= 15 is 17.6 Å². The molecular weight excluding hydrogens is 1500 g/mol. The first-order valence-corrected chi connectivity index (χ1v) is 39.0. The average molecular weight is 1620 g/mol. The number of benzene rings is 1. The molecule has 6 fully saturated rings. The Balaban J connectivity index is 0.000000910. The van der Waals surface area contributed by atoms with Crippen LogP contribution in [-0.4, -0.2) is 214 Å². The Bertz CT molecular complexity index is 3140. The summed E-state index contributed by atoms with van der Waals surface area (Å²) in [5.74, 6) is -13.7. The van der Waals surface area contributed by atoms with E-state index in [-0.39, 0.29) is 51.4 Å². The van der Waals surface area contributed by atoms with Crippen LogP contribution in [0.3, 0.4) is 0 Å². The molecule has 35 heteroatoms. The highest BCUT2D eigenvalue weighted by molar-refractivity contribution is 8.21. The summed E-state index contributed by atoms with van der Waals surface area (Å²) in [6.45, 7) is 24.0. The first-order chi connectivity index (χ1) is 51.2. The number of ether oxygens (including phenoxy) is 17. The summed E-state index contributed by atoms with van der Waals surface area (Å²) in [6.07, 6.45) is -8.59. The van der Waals surface area contributed by atoms with Crippen molar-refractivity contribution >= 4 is 28.5 Å². The molecule has 110 heavy (non-hydrogen) atoms. The van der Waals surface area contributed by atoms with E-state index in [4.69, 9.17) is 80.0 Å². The van der Waals surface area contributed by atoms with Crippen molar-refractivity contribution in [1.82, 2.24) is 10.6 Å². The number of hydrogen-bond acceptors (Lipinski definition) is 23. The quantitative estimate of drug-likeness (QED) is 0.0279. The van der Waals surface area contributed by atoms with Crippen molar-refractivity contribution in [3.05, 3.63) is 59.7 Å². The Kier molecular flexibility index (Phi) is 35.6. The zero-order valence-electron chi connectivity index (χ0n) is 64.1. The molecule has 6 saturated heterocycles. The van der Waals surface area contributed by atoms with Crippen molar-refractivity contribution in [2.45, 2.75) is 287 Å². The van der Waals surface area contributed by atoms with Crippen LogP contribution in [0, 0.1) is 5.92 Å². The Morgan fingerprint density at radius 2 is 1.14 bits per heavy atom. The van der Waals surface area contributed by atoms with Crippen molar-refractivity contribution in [3.8, 4) is 11.5 Å². The van der Waals surface area contributed by atoms with Gasteiger partial charge in [0.05, 0.1) is 52.9 Å². The minimum absolute atomic E-state index is 0. The second-order valence-corrected chi connectivity index (χ2v) is 31.0. The summed E-state index contributed by atoms with van der Waals surface area (Å²) < 4.78 is 252. The van der Waals surface area contributed by atoms with Gasteiger partial charge in [0.25, 0.3) is 5.91 Å². The van der Waals surface area contributed by atoms with Gasteiger partial charge in [0.15, 0.2) is 70.4 Å². The first-order valence-electron chi connectivity index (χ1n) is 37.5. The third-order valence-corrected chi connectivity index (χ3v) is 20.0. The van der Waals surface area contributed by atoms with Crippen LogP contribution in [0.2, 0.25) is 0 Å². The molecule has 2 spiro atoms. The SMILES string of the molecule is C.C=CC(CCCCCC(=O)CC)/C(=C/CCCCNC(=O)CCCCC(F)(F)C(F)(F)OC(F)(F)C(F)(F)S(O)(O)O[C@@H]1C2OC(C)(C)O[C@H]2O[C@]12COC(C)(C)O2)C/C(=C/CCCCNC(=O)c1ccc2c(c1)OCCOCCOCCOCCOCCO2)CC.CC1(C)OC2[C@@H](O1)O[C@]1(COC(C)(C)O1)[C@H]2F. The highest BCUT2D eigenvalue weighted by Gasteiger charge is 2.78. The molecule has 0 aromatic heterocycles. The van der Waals surface area contributed by atoms with E-state index in [9.17, 15) is 45.4 Å². The Morgan fingerprint density at radius 3 is 1.69 bits per heavy atom. The Labute approximate surface area is 641 Å². The van der Waals surface area contributed by atoms with Crippen LogP contribution in [0.4, 0.5) is 39.5 Å². The molecule has 3 unspecified atom stereocenters. The maximum Gasteiger partial charge on any atom is 0.439 e. The molecule has 25 nitrogen and oxygen atoms in total. The number of fused-ring (bicyclic) bond motifs is 3. The van der Waals surface area contributed by atoms with E-state index in [2.05, 4.69) is 41.0 Å². The number of carbonyl (C=O) groups excluding carboxylic acids is 3. The number of unbranched alkanes of at least 4 members (excludes halogenated alkanes) is 7. The standard InChI is InChI=1S/C63H96F8N2O18S.C11H17FO5.CH4/c1-8-45(22-14-12-21-31-73-55(76)48-27-28-50-51(43-48)84-41-39-82-37-35-80-33-32-79-34-36-81-38-40-83-50)42-47(46(9-2)23-15-11-17-25-49(74)10-3)24-16-13-20-30-72-52(75)26-18-19-29-60(64,65)61(66,67)91-62(68,69)63(70,71)92(77,78)89-54-53-56(87-58(6,7)86-53)88-59(54)44-85-57(4,5)90-59;1-9(2)13-5-11(17-9)7(12)6-8(16-11)15-10(3,4)14-6;/h9,22,24,27-28,43,46,53-54,56,77-78H,2,8,10-21,23,25-26,29-42,44H2,1,3-7H3,(H,72,75)(H,73,76);6-8H,5H2,1-4H3;1H4/b45-22+,47-24+;;/t46?,53?,54-,56+,59+;6?,7-,8-,11-;/m10./s1. The molecule has 1 aromatic rings. The number of rotatable bonds is 35. The number of nitrogens with one attached hydrogen (secondary N) is 2. The van der Waals surface area contributed by atoms with E-state index in [0.717, 1.165) is 51.4 Å². The van der Waals surface area contributed by atoms with Gasteiger partial charge in [-0.2, -0.15) is 35.1 Å². The van der Waals surface area contributed by atoms with Gasteiger partial charge in [-0.3, -0.25) is 18.6 Å². The molecule has 7 aliphatic rings. The van der Waals surface area contributed by atoms with E-state index in [1.54, 1.807) is 45.9 Å². The van der Waals surface area contributed by atoms with Gasteiger partial charge in [-0.25, -0.2) is 9.13 Å². The fourth-order valence-corrected chi connectivity index (χ4v) is 13.9. The minimum atomic E-state index is -6.70. The third kappa shape index (κ3) is 26.9. The molecule has 0 bridgehead atoms. The molecule has 7 heterocycles. The zero-order valence-corrected chi connectivity index (χ0v) is 64.9. The third-order valence-electron chi connectivity index (χ3n) is 18.6. The van der Waals surface area contributed by atoms with Gasteiger partial charge in [-0.1, -0.05) is 63.5 Å². The first kappa shape index (κ1) is 94.5. The monoisotopic (exact) mass is 1620 g/mol. The molecule has 8 rings (SSSR count). The summed E-state index contributed by atoms with van der Waals surface area (Å²) in [7, 11) is -6.60. The van der Waals surface area contributed by atoms with Crippen molar-refractivity contribution in [3.63, 3.8) is 0 Å². The molecule has 1 aromatic carbocycles. The molecule has 0 radical (unpaired) electrons. The number of hydrogen-bond donors (Lipinski definition) is 4. The fraction of sp³-hybridized carbons (Fsp3) is 0.800. The molecule has 9 atom stereocenters. The number of halogens is 9. The number of amides is 2. The predicted octanol–water partition coefficient (Wildman–Crippen LogP) is 15.1. The van der Waals surface area contributed by atoms with Crippen LogP contribution in [0.25, 0.3) is 0 Å². The van der Waals surface area contributed by atoms with Gasteiger partial charge in [0.2, 0.25) is 17.5 Å².